The molecule has 8 heteroatoms. The Morgan fingerprint density at radius 3 is 1.87 bits per heavy atom. The number of para-hydroxylation sites is 3. The topological polar surface area (TPSA) is 83.4 Å². The van der Waals surface area contributed by atoms with Crippen LogP contribution in [0.3, 0.4) is 0 Å². The lowest BCUT2D eigenvalue weighted by molar-refractivity contribution is 0.00578. The van der Waals surface area contributed by atoms with Gasteiger partial charge in [0, 0.05) is 38.1 Å². The first-order chi connectivity index (χ1) is 22.8. The third kappa shape index (κ3) is 4.32. The molecular weight excluding hydrogens is 585 g/mol. The highest BCUT2D eigenvalue weighted by molar-refractivity contribution is 6.65. The van der Waals surface area contributed by atoms with Crippen molar-refractivity contribution in [2.45, 2.75) is 38.9 Å². The molecule has 0 amide bonds. The number of benzene rings is 5. The summed E-state index contributed by atoms with van der Waals surface area (Å²) in [6.45, 7) is 8.22. The van der Waals surface area contributed by atoms with Crippen LogP contribution >= 0.6 is 0 Å². The van der Waals surface area contributed by atoms with Gasteiger partial charge >= 0.3 is 7.12 Å². The summed E-state index contributed by atoms with van der Waals surface area (Å²) in [5.74, 6) is 1.64. The van der Waals surface area contributed by atoms with Gasteiger partial charge in [-0.05, 0) is 45.9 Å². The molecule has 9 rings (SSSR count). The molecule has 47 heavy (non-hydrogen) atoms. The van der Waals surface area contributed by atoms with Crippen molar-refractivity contribution in [3.63, 3.8) is 0 Å². The Bertz CT molecular complexity index is 2480. The lowest BCUT2D eigenvalue weighted by atomic mass is 9.78. The molecule has 8 aromatic rings. The molecule has 0 atom stereocenters. The first kappa shape index (κ1) is 28.0. The van der Waals surface area contributed by atoms with E-state index >= 15 is 0 Å². The third-order valence-electron chi connectivity index (χ3n) is 9.61. The summed E-state index contributed by atoms with van der Waals surface area (Å²) >= 11 is 0. The molecule has 0 saturated carbocycles. The fourth-order valence-corrected chi connectivity index (χ4v) is 6.47. The van der Waals surface area contributed by atoms with Crippen molar-refractivity contribution < 1.29 is 18.1 Å². The fraction of sp³-hybridized carbons (Fsp3) is 0.154. The highest BCUT2D eigenvalue weighted by Crippen LogP contribution is 2.40. The number of nitrogens with zero attached hydrogens (tertiary/aromatic N) is 3. The summed E-state index contributed by atoms with van der Waals surface area (Å²) in [7, 11) is -0.564. The van der Waals surface area contributed by atoms with E-state index in [1.165, 1.54) is 0 Å². The highest BCUT2D eigenvalue weighted by atomic mass is 16.7. The van der Waals surface area contributed by atoms with Crippen molar-refractivity contribution in [2.75, 3.05) is 0 Å². The largest absolute Gasteiger partial charge is 0.498 e. The summed E-state index contributed by atoms with van der Waals surface area (Å²) in [6.07, 6.45) is 0. The van der Waals surface area contributed by atoms with Gasteiger partial charge in [-0.15, -0.1) is 0 Å². The van der Waals surface area contributed by atoms with E-state index in [1.807, 2.05) is 91.0 Å². The number of rotatable bonds is 4. The van der Waals surface area contributed by atoms with Gasteiger partial charge in [-0.1, -0.05) is 91.0 Å². The maximum absolute atomic E-state index is 6.57. The van der Waals surface area contributed by atoms with Crippen LogP contribution < -0.4 is 5.46 Å². The van der Waals surface area contributed by atoms with Gasteiger partial charge in [-0.2, -0.15) is 0 Å². The van der Waals surface area contributed by atoms with Crippen LogP contribution in [-0.4, -0.2) is 33.3 Å². The molecule has 1 aliphatic heterocycles. The highest BCUT2D eigenvalue weighted by Gasteiger charge is 2.52. The summed E-state index contributed by atoms with van der Waals surface area (Å²) in [5.41, 5.74) is 5.43. The quantitative estimate of drug-likeness (QED) is 0.183. The van der Waals surface area contributed by atoms with Crippen molar-refractivity contribution in [2.24, 2.45) is 0 Å². The molecule has 0 N–H and O–H groups in total. The minimum Gasteiger partial charge on any atom is -0.456 e. The van der Waals surface area contributed by atoms with Crippen LogP contribution in [0.2, 0.25) is 0 Å². The van der Waals surface area contributed by atoms with Crippen molar-refractivity contribution in [1.29, 1.82) is 0 Å². The van der Waals surface area contributed by atoms with Crippen molar-refractivity contribution in [1.82, 2.24) is 15.0 Å². The van der Waals surface area contributed by atoms with Crippen LogP contribution in [0.4, 0.5) is 0 Å². The van der Waals surface area contributed by atoms with E-state index < -0.39 is 18.3 Å². The Balaban J connectivity index is 1.27. The van der Waals surface area contributed by atoms with E-state index in [-0.39, 0.29) is 0 Å². The predicted molar refractivity (Wildman–Crippen MR) is 186 cm³/mol. The second kappa shape index (κ2) is 10.1. The van der Waals surface area contributed by atoms with Gasteiger partial charge in [0.25, 0.3) is 0 Å². The minimum absolute atomic E-state index is 0.477. The molecule has 3 aromatic heterocycles. The van der Waals surface area contributed by atoms with Gasteiger partial charge in [0.15, 0.2) is 17.5 Å². The Kier molecular flexibility index (Phi) is 6.01. The summed E-state index contributed by atoms with van der Waals surface area (Å²) in [6, 6.07) is 36.2. The molecule has 0 unspecified atom stereocenters. The van der Waals surface area contributed by atoms with Crippen LogP contribution in [0.5, 0.6) is 0 Å². The first-order valence-electron chi connectivity index (χ1n) is 15.8. The fourth-order valence-electron chi connectivity index (χ4n) is 6.47. The predicted octanol–water partition coefficient (Wildman–Crippen LogP) is 8.97. The van der Waals surface area contributed by atoms with Crippen LogP contribution in [0, 0.1) is 0 Å². The molecule has 0 radical (unpaired) electrons. The molecule has 0 spiro atoms. The molecule has 0 aliphatic carbocycles. The van der Waals surface area contributed by atoms with Crippen LogP contribution in [0.25, 0.3) is 78.0 Å². The second-order valence-corrected chi connectivity index (χ2v) is 13.0. The van der Waals surface area contributed by atoms with Crippen LogP contribution in [-0.2, 0) is 9.31 Å². The molecule has 0 bridgehead atoms. The number of hydrogen-bond donors (Lipinski definition) is 0. The lowest BCUT2D eigenvalue weighted by Gasteiger charge is -2.32. The van der Waals surface area contributed by atoms with E-state index in [9.17, 15) is 0 Å². The smallest absolute Gasteiger partial charge is 0.456 e. The van der Waals surface area contributed by atoms with Gasteiger partial charge in [0.05, 0.1) is 16.8 Å². The van der Waals surface area contributed by atoms with Crippen LogP contribution in [0.15, 0.2) is 118 Å². The SMILES string of the molecule is CC1(C)OB(c2cccc3c2oc2cccc(-c4nc(-c5ccccc5)nc(-c5cccc6c5oc5ccccc56)n4)c23)OC1(C)C. The molecule has 5 aromatic carbocycles. The number of hydrogen-bond acceptors (Lipinski definition) is 7. The molecule has 4 heterocycles. The summed E-state index contributed by atoms with van der Waals surface area (Å²) < 4.78 is 25.8. The Hall–Kier alpha value is -5.31. The lowest BCUT2D eigenvalue weighted by Crippen LogP contribution is -2.41. The van der Waals surface area contributed by atoms with Gasteiger partial charge in [-0.25, -0.2) is 15.0 Å². The Labute approximate surface area is 271 Å². The van der Waals surface area contributed by atoms with E-state index in [2.05, 4.69) is 45.9 Å². The normalized spacial score (nSPS) is 15.8. The number of fused-ring (bicyclic) bond motifs is 6. The maximum Gasteiger partial charge on any atom is 0.498 e. The molecule has 1 aliphatic rings. The Morgan fingerprint density at radius 2 is 1.06 bits per heavy atom. The zero-order valence-corrected chi connectivity index (χ0v) is 26.4. The summed E-state index contributed by atoms with van der Waals surface area (Å²) in [5, 5.41) is 3.92. The van der Waals surface area contributed by atoms with Gasteiger partial charge in [0.2, 0.25) is 0 Å². The van der Waals surface area contributed by atoms with Gasteiger partial charge in [-0.3, -0.25) is 0 Å². The average Bonchev–Trinajstić information content (AvgIpc) is 3.73. The van der Waals surface area contributed by atoms with Gasteiger partial charge < -0.3 is 18.1 Å². The average molecular weight is 615 g/mol. The van der Waals surface area contributed by atoms with Gasteiger partial charge in [0.1, 0.15) is 22.3 Å². The molecule has 1 saturated heterocycles. The standard InChI is InChI=1S/C39H30BN3O4/c1-38(2)39(3,4)47-40(46-38)29-20-11-17-26-32-27(18-12-22-31(32)45-34(26)29)36-41-35(23-13-6-5-7-14-23)42-37(43-36)28-19-10-16-25-24-15-8-9-21-30(24)44-33(25)28/h5-22H,1-4H3. The first-order valence-corrected chi connectivity index (χ1v) is 15.8. The van der Waals surface area contributed by atoms with Crippen molar-refractivity contribution >= 4 is 56.5 Å². The zero-order valence-electron chi connectivity index (χ0n) is 26.4. The molecular formula is C39H30BN3O4. The monoisotopic (exact) mass is 615 g/mol. The van der Waals surface area contributed by atoms with Crippen molar-refractivity contribution in [3.8, 4) is 34.2 Å². The number of aromatic nitrogens is 3. The maximum atomic E-state index is 6.57. The number of furan rings is 2. The molecule has 7 nitrogen and oxygen atoms in total. The summed E-state index contributed by atoms with van der Waals surface area (Å²) in [4.78, 5) is 15.2. The van der Waals surface area contributed by atoms with E-state index in [0.29, 0.717) is 17.5 Å². The van der Waals surface area contributed by atoms with E-state index in [0.717, 1.165) is 66.0 Å². The Morgan fingerprint density at radius 1 is 0.489 bits per heavy atom. The minimum atomic E-state index is -0.564. The van der Waals surface area contributed by atoms with Crippen molar-refractivity contribution in [3.05, 3.63) is 109 Å². The molecule has 228 valence electrons. The second-order valence-electron chi connectivity index (χ2n) is 13.0. The molecule has 1 fully saturated rings. The third-order valence-corrected chi connectivity index (χ3v) is 9.61. The van der Waals surface area contributed by atoms with E-state index in [4.69, 9.17) is 33.1 Å². The van der Waals surface area contributed by atoms with Crippen LogP contribution in [0.1, 0.15) is 27.7 Å². The van der Waals surface area contributed by atoms with E-state index in [1.54, 1.807) is 0 Å². The zero-order chi connectivity index (χ0) is 31.9.